The molecule has 7 nitrogen and oxygen atoms in total. The Balaban J connectivity index is 1.95. The molecule has 0 fully saturated rings. The van der Waals surface area contributed by atoms with E-state index < -0.39 is 6.04 Å². The van der Waals surface area contributed by atoms with Crippen molar-refractivity contribution in [2.45, 2.75) is 6.04 Å². The van der Waals surface area contributed by atoms with E-state index in [1.165, 1.54) is 33.5 Å². The third-order valence-corrected chi connectivity index (χ3v) is 3.95. The van der Waals surface area contributed by atoms with Crippen molar-refractivity contribution < 1.29 is 18.6 Å². The lowest BCUT2D eigenvalue weighted by atomic mass is 10.1. The highest BCUT2D eigenvalue weighted by molar-refractivity contribution is 5.66. The number of H-pyrrole nitrogens is 1. The first kappa shape index (κ1) is 17.7. The second-order valence-electron chi connectivity index (χ2n) is 5.49. The topological polar surface area (TPSA) is 95.3 Å². The maximum atomic E-state index is 13.1. The van der Waals surface area contributed by atoms with Gasteiger partial charge < -0.3 is 19.9 Å². The lowest BCUT2D eigenvalue weighted by Crippen LogP contribution is -2.13. The Hall–Kier alpha value is -3.13. The summed E-state index contributed by atoms with van der Waals surface area (Å²) in [6, 6.07) is 8.87. The monoisotopic (exact) mass is 358 g/mol. The van der Waals surface area contributed by atoms with E-state index >= 15 is 0 Å². The quantitative estimate of drug-likeness (QED) is 0.703. The van der Waals surface area contributed by atoms with Crippen LogP contribution in [0, 0.1) is 5.82 Å². The molecule has 0 spiro atoms. The van der Waals surface area contributed by atoms with Crippen LogP contribution in [0.2, 0.25) is 0 Å². The number of aromatic amines is 1. The van der Waals surface area contributed by atoms with Gasteiger partial charge in [0.25, 0.3) is 0 Å². The summed E-state index contributed by atoms with van der Waals surface area (Å²) in [6.45, 7) is 0. The van der Waals surface area contributed by atoms with Crippen molar-refractivity contribution in [1.29, 1.82) is 0 Å². The Morgan fingerprint density at radius 2 is 1.62 bits per heavy atom. The second-order valence-corrected chi connectivity index (χ2v) is 5.49. The molecule has 26 heavy (non-hydrogen) atoms. The van der Waals surface area contributed by atoms with Crippen molar-refractivity contribution in [2.75, 3.05) is 21.3 Å². The number of benzene rings is 2. The van der Waals surface area contributed by atoms with Crippen LogP contribution in [0.4, 0.5) is 4.39 Å². The second kappa shape index (κ2) is 7.40. The molecule has 0 aliphatic rings. The Labute approximate surface area is 149 Å². The molecule has 1 unspecified atom stereocenters. The summed E-state index contributed by atoms with van der Waals surface area (Å²) in [7, 11) is 4.61. The van der Waals surface area contributed by atoms with Crippen LogP contribution in [0.25, 0.3) is 11.4 Å². The molecule has 0 aliphatic heterocycles. The first-order valence-electron chi connectivity index (χ1n) is 7.81. The van der Waals surface area contributed by atoms with Crippen molar-refractivity contribution in [2.24, 2.45) is 5.73 Å². The molecule has 0 saturated heterocycles. The minimum absolute atomic E-state index is 0.323. The van der Waals surface area contributed by atoms with Crippen LogP contribution < -0.4 is 19.9 Å². The molecule has 0 bridgehead atoms. The molecule has 1 atom stereocenters. The SMILES string of the molecule is COc1cc(-c2n[nH]c(C(N)c3ccc(F)cc3)n2)cc(OC)c1OC. The third kappa shape index (κ3) is 3.31. The van der Waals surface area contributed by atoms with Gasteiger partial charge in [0, 0.05) is 5.56 Å². The van der Waals surface area contributed by atoms with Crippen molar-refractivity contribution in [1.82, 2.24) is 15.2 Å². The van der Waals surface area contributed by atoms with Gasteiger partial charge in [-0.1, -0.05) is 12.1 Å². The average Bonchev–Trinajstić information content (AvgIpc) is 3.17. The van der Waals surface area contributed by atoms with Crippen LogP contribution in [0.15, 0.2) is 36.4 Å². The lowest BCUT2D eigenvalue weighted by Gasteiger charge is -2.13. The van der Waals surface area contributed by atoms with Gasteiger partial charge in [0.05, 0.1) is 27.4 Å². The first-order chi connectivity index (χ1) is 12.6. The van der Waals surface area contributed by atoms with E-state index in [2.05, 4.69) is 15.2 Å². The molecule has 2 aromatic carbocycles. The fourth-order valence-electron chi connectivity index (χ4n) is 2.58. The van der Waals surface area contributed by atoms with Crippen molar-refractivity contribution in [3.63, 3.8) is 0 Å². The van der Waals surface area contributed by atoms with Gasteiger partial charge in [0.2, 0.25) is 5.75 Å². The zero-order valence-electron chi connectivity index (χ0n) is 14.6. The fraction of sp³-hybridized carbons (Fsp3) is 0.222. The van der Waals surface area contributed by atoms with Crippen LogP contribution >= 0.6 is 0 Å². The minimum Gasteiger partial charge on any atom is -0.493 e. The normalized spacial score (nSPS) is 11.9. The predicted molar refractivity (Wildman–Crippen MR) is 93.9 cm³/mol. The summed E-state index contributed by atoms with van der Waals surface area (Å²) in [4.78, 5) is 4.45. The molecule has 136 valence electrons. The number of hydrogen-bond acceptors (Lipinski definition) is 6. The molecule has 8 heteroatoms. The van der Waals surface area contributed by atoms with E-state index in [1.807, 2.05) is 0 Å². The summed E-state index contributed by atoms with van der Waals surface area (Å²) in [5.41, 5.74) is 7.59. The molecule has 0 saturated carbocycles. The van der Waals surface area contributed by atoms with E-state index in [9.17, 15) is 4.39 Å². The Morgan fingerprint density at radius 3 is 2.15 bits per heavy atom. The molecular weight excluding hydrogens is 339 g/mol. The number of nitrogens with two attached hydrogens (primary N) is 1. The number of rotatable bonds is 6. The van der Waals surface area contributed by atoms with E-state index in [4.69, 9.17) is 19.9 Å². The largest absolute Gasteiger partial charge is 0.493 e. The first-order valence-corrected chi connectivity index (χ1v) is 7.81. The molecule has 3 rings (SSSR count). The number of ether oxygens (including phenoxy) is 3. The Kier molecular flexibility index (Phi) is 5.04. The molecule has 3 aromatic rings. The van der Waals surface area contributed by atoms with Gasteiger partial charge in [-0.25, -0.2) is 9.37 Å². The number of aromatic nitrogens is 3. The zero-order chi connectivity index (χ0) is 18.7. The smallest absolute Gasteiger partial charge is 0.203 e. The van der Waals surface area contributed by atoms with Gasteiger partial charge in [0.1, 0.15) is 11.6 Å². The third-order valence-electron chi connectivity index (χ3n) is 3.95. The Bertz CT molecular complexity index is 871. The van der Waals surface area contributed by atoms with E-state index in [1.54, 1.807) is 24.3 Å². The van der Waals surface area contributed by atoms with Gasteiger partial charge in [-0.15, -0.1) is 0 Å². The molecule has 1 aromatic heterocycles. The predicted octanol–water partition coefficient (Wildman–Crippen LogP) is 2.68. The zero-order valence-corrected chi connectivity index (χ0v) is 14.6. The van der Waals surface area contributed by atoms with Crippen molar-refractivity contribution in [3.8, 4) is 28.6 Å². The molecule has 1 heterocycles. The van der Waals surface area contributed by atoms with E-state index in [0.717, 1.165) is 5.56 Å². The van der Waals surface area contributed by atoms with Crippen molar-refractivity contribution >= 4 is 0 Å². The fourth-order valence-corrected chi connectivity index (χ4v) is 2.58. The summed E-state index contributed by atoms with van der Waals surface area (Å²) in [6.07, 6.45) is 0. The molecular formula is C18H19FN4O3. The number of nitrogens with one attached hydrogen (secondary N) is 1. The van der Waals surface area contributed by atoms with Gasteiger partial charge in [-0.05, 0) is 29.8 Å². The highest BCUT2D eigenvalue weighted by Gasteiger charge is 2.18. The lowest BCUT2D eigenvalue weighted by molar-refractivity contribution is 0.324. The van der Waals surface area contributed by atoms with Crippen LogP contribution in [-0.2, 0) is 0 Å². The van der Waals surface area contributed by atoms with Gasteiger partial charge >= 0.3 is 0 Å². The highest BCUT2D eigenvalue weighted by Crippen LogP contribution is 2.40. The van der Waals surface area contributed by atoms with Gasteiger partial charge in [-0.2, -0.15) is 5.10 Å². The van der Waals surface area contributed by atoms with Gasteiger partial charge in [0.15, 0.2) is 17.3 Å². The molecule has 0 amide bonds. The van der Waals surface area contributed by atoms with Crippen LogP contribution in [-0.4, -0.2) is 36.5 Å². The summed E-state index contributed by atoms with van der Waals surface area (Å²) >= 11 is 0. The van der Waals surface area contributed by atoms with Crippen LogP contribution in [0.5, 0.6) is 17.2 Å². The van der Waals surface area contributed by atoms with Crippen LogP contribution in [0.1, 0.15) is 17.4 Å². The number of halogens is 1. The summed E-state index contributed by atoms with van der Waals surface area (Å²) in [5, 5.41) is 7.04. The minimum atomic E-state index is -0.557. The maximum Gasteiger partial charge on any atom is 0.203 e. The number of methoxy groups -OCH3 is 3. The average molecular weight is 358 g/mol. The maximum absolute atomic E-state index is 13.1. The van der Waals surface area contributed by atoms with E-state index in [-0.39, 0.29) is 5.82 Å². The number of hydrogen-bond donors (Lipinski definition) is 2. The Morgan fingerprint density at radius 1 is 1.00 bits per heavy atom. The number of nitrogens with zero attached hydrogens (tertiary/aromatic N) is 2. The molecule has 0 aliphatic carbocycles. The van der Waals surface area contributed by atoms with E-state index in [0.29, 0.717) is 34.5 Å². The van der Waals surface area contributed by atoms with Gasteiger partial charge in [-0.3, -0.25) is 5.10 Å². The van der Waals surface area contributed by atoms with Crippen molar-refractivity contribution in [3.05, 3.63) is 53.6 Å². The molecule has 3 N–H and O–H groups in total. The molecule has 0 radical (unpaired) electrons. The summed E-state index contributed by atoms with van der Waals surface area (Å²) < 4.78 is 29.1. The highest BCUT2D eigenvalue weighted by atomic mass is 19.1. The summed E-state index contributed by atoms with van der Waals surface area (Å²) in [5.74, 6) is 2.04. The van der Waals surface area contributed by atoms with Crippen LogP contribution in [0.3, 0.4) is 0 Å². The standard InChI is InChI=1S/C18H19FN4O3/c1-24-13-8-11(9-14(25-2)16(13)26-3)17-21-18(23-22-17)15(20)10-4-6-12(19)7-5-10/h4-9,15H,20H2,1-3H3,(H,21,22,23).